The molecule has 0 aliphatic heterocycles. The van der Waals surface area contributed by atoms with Crippen LogP contribution in [0.4, 0.5) is 0 Å². The summed E-state index contributed by atoms with van der Waals surface area (Å²) < 4.78 is 0. The van der Waals surface area contributed by atoms with Crippen molar-refractivity contribution in [2.45, 2.75) is 46.0 Å². The lowest BCUT2D eigenvalue weighted by atomic mass is 10.2. The van der Waals surface area contributed by atoms with E-state index in [0.29, 0.717) is 19.5 Å². The molecule has 0 aromatic carbocycles. The molecule has 15 heavy (non-hydrogen) atoms. The minimum Gasteiger partial charge on any atom is -0.342 e. The minimum atomic E-state index is -0.598. The van der Waals surface area contributed by atoms with Crippen LogP contribution < -0.4 is 5.73 Å². The molecule has 1 radical (unpaired) electrons. The summed E-state index contributed by atoms with van der Waals surface area (Å²) in [5.74, 6) is -0.487. The molecule has 0 saturated carbocycles. The fourth-order valence-electron chi connectivity index (χ4n) is 1.35. The van der Waals surface area contributed by atoms with E-state index in [1.165, 1.54) is 0 Å². The summed E-state index contributed by atoms with van der Waals surface area (Å²) in [4.78, 5) is 23.9. The van der Waals surface area contributed by atoms with Crippen LogP contribution in [-0.2, 0) is 9.59 Å². The number of nitrogens with zero attached hydrogens (tertiary/aromatic N) is 1. The molecule has 0 atom stereocenters. The molecule has 4 heteroatoms. The number of carbonyl (C=O) groups excluding carboxylic acids is 2. The zero-order chi connectivity index (χ0) is 11.7. The van der Waals surface area contributed by atoms with Gasteiger partial charge in [-0.3, -0.25) is 15.3 Å². The van der Waals surface area contributed by atoms with E-state index in [0.717, 1.165) is 19.3 Å². The summed E-state index contributed by atoms with van der Waals surface area (Å²) >= 11 is 0. The lowest BCUT2D eigenvalue weighted by molar-refractivity contribution is -0.131. The van der Waals surface area contributed by atoms with Crippen molar-refractivity contribution < 1.29 is 9.59 Å². The maximum atomic E-state index is 11.7. The molecule has 0 bridgehead atoms. The van der Waals surface area contributed by atoms with Gasteiger partial charge in [0, 0.05) is 25.9 Å². The monoisotopic (exact) mass is 213 g/mol. The highest BCUT2D eigenvalue weighted by Crippen LogP contribution is 2.02. The van der Waals surface area contributed by atoms with Crippen molar-refractivity contribution in [3.05, 3.63) is 0 Å². The van der Waals surface area contributed by atoms with Crippen LogP contribution in [-0.4, -0.2) is 29.8 Å². The molecule has 0 spiro atoms. The standard InChI is InChI=1S/C11H21N2O2/c1-3-5-6-11(15)13(8-4-2)9-7-10(12)14/h12H,3-9H2,1-2H3. The molecule has 0 fully saturated rings. The van der Waals surface area contributed by atoms with Crippen LogP contribution in [0.25, 0.3) is 0 Å². The van der Waals surface area contributed by atoms with Gasteiger partial charge < -0.3 is 4.90 Å². The smallest absolute Gasteiger partial charge is 0.240 e. The molecule has 1 N–H and O–H groups in total. The molecule has 0 aromatic heterocycles. The first-order valence-corrected chi connectivity index (χ1v) is 5.64. The quantitative estimate of drug-likeness (QED) is 0.615. The lowest BCUT2D eigenvalue weighted by Crippen LogP contribution is -2.33. The second kappa shape index (κ2) is 8.26. The second-order valence-electron chi connectivity index (χ2n) is 3.66. The number of carbonyl (C=O) groups is 2. The summed E-state index contributed by atoms with van der Waals surface area (Å²) in [5, 5.41) is 0. The van der Waals surface area contributed by atoms with Crippen molar-refractivity contribution in [3.8, 4) is 0 Å². The summed E-state index contributed by atoms with van der Waals surface area (Å²) in [7, 11) is 0. The first-order chi connectivity index (χ1) is 7.11. The van der Waals surface area contributed by atoms with Gasteiger partial charge in [0.2, 0.25) is 11.8 Å². The van der Waals surface area contributed by atoms with Gasteiger partial charge in [-0.05, 0) is 12.8 Å². The van der Waals surface area contributed by atoms with E-state index in [9.17, 15) is 9.59 Å². The van der Waals surface area contributed by atoms with Crippen molar-refractivity contribution in [2.75, 3.05) is 13.1 Å². The van der Waals surface area contributed by atoms with E-state index in [4.69, 9.17) is 5.73 Å². The third-order valence-electron chi connectivity index (χ3n) is 2.20. The Morgan fingerprint density at radius 2 is 1.73 bits per heavy atom. The third-order valence-corrected chi connectivity index (χ3v) is 2.20. The van der Waals surface area contributed by atoms with Crippen LogP contribution in [0.1, 0.15) is 46.0 Å². The third kappa shape index (κ3) is 6.94. The highest BCUT2D eigenvalue weighted by atomic mass is 16.2. The summed E-state index contributed by atoms with van der Waals surface area (Å²) in [6, 6.07) is 0. The Bertz CT molecular complexity index is 205. The zero-order valence-corrected chi connectivity index (χ0v) is 9.71. The number of unbranched alkanes of at least 4 members (excludes halogenated alkanes) is 1. The summed E-state index contributed by atoms with van der Waals surface area (Å²) in [6.07, 6.45) is 3.50. The number of amides is 2. The molecule has 87 valence electrons. The van der Waals surface area contributed by atoms with Gasteiger partial charge in [-0.2, -0.15) is 0 Å². The summed E-state index contributed by atoms with van der Waals surface area (Å²) in [6.45, 7) is 5.14. The SMILES string of the molecule is CCCCC(=O)N(CCC)CCC([NH])=O. The maximum absolute atomic E-state index is 11.7. The van der Waals surface area contributed by atoms with Gasteiger partial charge in [-0.25, -0.2) is 0 Å². The van der Waals surface area contributed by atoms with Crippen LogP contribution in [0.2, 0.25) is 0 Å². The fraction of sp³-hybridized carbons (Fsp3) is 0.818. The number of hydrogen-bond donors (Lipinski definition) is 0. The number of hydrogen-bond acceptors (Lipinski definition) is 2. The molecule has 4 nitrogen and oxygen atoms in total. The van der Waals surface area contributed by atoms with E-state index in [-0.39, 0.29) is 12.3 Å². The van der Waals surface area contributed by atoms with Gasteiger partial charge in [0.05, 0.1) is 0 Å². The van der Waals surface area contributed by atoms with Gasteiger partial charge in [-0.1, -0.05) is 20.3 Å². The van der Waals surface area contributed by atoms with Gasteiger partial charge in [-0.15, -0.1) is 0 Å². The van der Waals surface area contributed by atoms with E-state index in [2.05, 4.69) is 0 Å². The van der Waals surface area contributed by atoms with Crippen LogP contribution in [0.3, 0.4) is 0 Å². The Kier molecular flexibility index (Phi) is 7.68. The van der Waals surface area contributed by atoms with Gasteiger partial charge in [0.25, 0.3) is 0 Å². The molecule has 0 unspecified atom stereocenters. The Hall–Kier alpha value is -1.06. The van der Waals surface area contributed by atoms with Gasteiger partial charge in [0.1, 0.15) is 0 Å². The van der Waals surface area contributed by atoms with Gasteiger partial charge in [0.15, 0.2) is 0 Å². The topological polar surface area (TPSA) is 61.2 Å². The highest BCUT2D eigenvalue weighted by Gasteiger charge is 2.12. The largest absolute Gasteiger partial charge is 0.342 e. The molecule has 0 aliphatic carbocycles. The minimum absolute atomic E-state index is 0.111. The van der Waals surface area contributed by atoms with Crippen molar-refractivity contribution in [3.63, 3.8) is 0 Å². The first kappa shape index (κ1) is 13.9. The average Bonchev–Trinajstić information content (AvgIpc) is 2.20. The van der Waals surface area contributed by atoms with E-state index in [1.807, 2.05) is 13.8 Å². The first-order valence-electron chi connectivity index (χ1n) is 5.64. The molecule has 0 rings (SSSR count). The number of rotatable bonds is 8. The van der Waals surface area contributed by atoms with Crippen LogP contribution in [0.15, 0.2) is 0 Å². The van der Waals surface area contributed by atoms with Crippen molar-refractivity contribution in [1.29, 1.82) is 0 Å². The molecule has 0 aromatic rings. The van der Waals surface area contributed by atoms with E-state index >= 15 is 0 Å². The predicted octanol–water partition coefficient (Wildman–Crippen LogP) is 1.61. The van der Waals surface area contributed by atoms with Crippen molar-refractivity contribution in [2.24, 2.45) is 0 Å². The molecular weight excluding hydrogens is 192 g/mol. The van der Waals surface area contributed by atoms with Crippen LogP contribution in [0.5, 0.6) is 0 Å². The highest BCUT2D eigenvalue weighted by molar-refractivity contribution is 5.77. The predicted molar refractivity (Wildman–Crippen MR) is 59.1 cm³/mol. The van der Waals surface area contributed by atoms with E-state index < -0.39 is 5.91 Å². The normalized spacial score (nSPS) is 10.0. The molecule has 0 aliphatic rings. The molecule has 0 heterocycles. The Balaban J connectivity index is 4.00. The van der Waals surface area contributed by atoms with Crippen LogP contribution in [0, 0.1) is 0 Å². The fourth-order valence-corrected chi connectivity index (χ4v) is 1.35. The number of nitrogens with one attached hydrogen (secondary N) is 1. The average molecular weight is 213 g/mol. The summed E-state index contributed by atoms with van der Waals surface area (Å²) in [5.41, 5.74) is 6.81. The zero-order valence-electron chi connectivity index (χ0n) is 9.71. The Morgan fingerprint density at radius 3 is 2.20 bits per heavy atom. The molecule has 2 amide bonds. The van der Waals surface area contributed by atoms with Gasteiger partial charge >= 0.3 is 0 Å². The Labute approximate surface area is 91.8 Å². The second-order valence-corrected chi connectivity index (χ2v) is 3.66. The van der Waals surface area contributed by atoms with Crippen molar-refractivity contribution in [1.82, 2.24) is 10.6 Å². The lowest BCUT2D eigenvalue weighted by Gasteiger charge is -2.21. The molecular formula is C11H21N2O2. The molecule has 0 saturated heterocycles. The van der Waals surface area contributed by atoms with Crippen LogP contribution >= 0.6 is 0 Å². The van der Waals surface area contributed by atoms with Crippen molar-refractivity contribution >= 4 is 11.8 Å². The maximum Gasteiger partial charge on any atom is 0.240 e. The Morgan fingerprint density at radius 1 is 1.07 bits per heavy atom. The van der Waals surface area contributed by atoms with E-state index in [1.54, 1.807) is 4.90 Å².